The normalized spacial score (nSPS) is 19.6. The third kappa shape index (κ3) is 3.50. The highest BCUT2D eigenvalue weighted by Crippen LogP contribution is 2.22. The summed E-state index contributed by atoms with van der Waals surface area (Å²) < 4.78 is 31.3. The maximum atomic E-state index is 13.1. The fourth-order valence-corrected chi connectivity index (χ4v) is 2.46. The highest BCUT2D eigenvalue weighted by Gasteiger charge is 2.31. The van der Waals surface area contributed by atoms with E-state index >= 15 is 0 Å². The molecule has 0 N–H and O–H groups in total. The van der Waals surface area contributed by atoms with E-state index in [1.165, 1.54) is 12.1 Å². The Labute approximate surface area is 111 Å². The lowest BCUT2D eigenvalue weighted by atomic mass is 10.1. The average Bonchev–Trinajstić information content (AvgIpc) is 2.76. The molecule has 1 fully saturated rings. The summed E-state index contributed by atoms with van der Waals surface area (Å²) in [4.78, 5) is 13.7. The summed E-state index contributed by atoms with van der Waals surface area (Å²) in [7, 11) is 0. The lowest BCUT2D eigenvalue weighted by Crippen LogP contribution is -2.36. The summed E-state index contributed by atoms with van der Waals surface area (Å²) in [6.07, 6.45) is 1.62. The fourth-order valence-electron chi connectivity index (χ4n) is 2.46. The van der Waals surface area contributed by atoms with E-state index in [2.05, 4.69) is 0 Å². The zero-order valence-corrected chi connectivity index (χ0v) is 10.9. The van der Waals surface area contributed by atoms with E-state index in [1.807, 2.05) is 4.90 Å². The molecule has 2 rings (SSSR count). The van der Waals surface area contributed by atoms with Crippen LogP contribution >= 0.6 is 0 Å². The lowest BCUT2D eigenvalue weighted by Gasteiger charge is -2.22. The van der Waals surface area contributed by atoms with Crippen molar-refractivity contribution in [2.75, 3.05) is 13.2 Å². The van der Waals surface area contributed by atoms with Crippen molar-refractivity contribution in [3.05, 3.63) is 35.4 Å². The highest BCUT2D eigenvalue weighted by atomic mass is 19.1. The predicted molar refractivity (Wildman–Crippen MR) is 66.4 cm³/mol. The van der Waals surface area contributed by atoms with Gasteiger partial charge in [0.1, 0.15) is 17.7 Å². The Bertz CT molecular complexity index is 445. The summed E-state index contributed by atoms with van der Waals surface area (Å²) >= 11 is 0. The van der Waals surface area contributed by atoms with Crippen LogP contribution in [0.15, 0.2) is 18.2 Å². The molecule has 1 atom stereocenters. The molecule has 0 spiro atoms. The number of ether oxygens (including phenoxy) is 1. The van der Waals surface area contributed by atoms with E-state index in [4.69, 9.17) is 4.74 Å². The number of benzene rings is 1. The number of carbonyl (C=O) groups excluding carboxylic acids is 1. The third-order valence-corrected chi connectivity index (χ3v) is 3.23. The van der Waals surface area contributed by atoms with Crippen LogP contribution in [-0.4, -0.2) is 30.1 Å². The largest absolute Gasteiger partial charge is 0.465 e. The minimum Gasteiger partial charge on any atom is -0.465 e. The topological polar surface area (TPSA) is 29.5 Å². The van der Waals surface area contributed by atoms with Gasteiger partial charge in [0.2, 0.25) is 0 Å². The Morgan fingerprint density at radius 2 is 2.05 bits per heavy atom. The summed E-state index contributed by atoms with van der Waals surface area (Å²) in [5, 5.41) is 0. The molecule has 0 aliphatic carbocycles. The molecule has 1 aliphatic rings. The van der Waals surface area contributed by atoms with Gasteiger partial charge in [-0.3, -0.25) is 9.69 Å². The van der Waals surface area contributed by atoms with Gasteiger partial charge in [0, 0.05) is 12.6 Å². The average molecular weight is 269 g/mol. The van der Waals surface area contributed by atoms with Crippen molar-refractivity contribution in [1.29, 1.82) is 0 Å². The first-order chi connectivity index (χ1) is 9.10. The summed E-state index contributed by atoms with van der Waals surface area (Å²) in [5.74, 6) is -1.44. The van der Waals surface area contributed by atoms with E-state index in [9.17, 15) is 13.6 Å². The van der Waals surface area contributed by atoms with E-state index < -0.39 is 11.6 Å². The van der Waals surface area contributed by atoms with Crippen molar-refractivity contribution in [3.63, 3.8) is 0 Å². The first-order valence-corrected chi connectivity index (χ1v) is 6.46. The van der Waals surface area contributed by atoms with Crippen molar-refractivity contribution in [2.24, 2.45) is 0 Å². The molecule has 5 heteroatoms. The number of nitrogens with zero attached hydrogens (tertiary/aromatic N) is 1. The van der Waals surface area contributed by atoms with Gasteiger partial charge in [-0.2, -0.15) is 0 Å². The van der Waals surface area contributed by atoms with Crippen LogP contribution in [0, 0.1) is 11.6 Å². The van der Waals surface area contributed by atoms with Gasteiger partial charge >= 0.3 is 5.97 Å². The van der Waals surface area contributed by atoms with Crippen LogP contribution in [0.5, 0.6) is 0 Å². The Kier molecular flexibility index (Phi) is 4.47. The Morgan fingerprint density at radius 1 is 1.37 bits per heavy atom. The predicted octanol–water partition coefficient (Wildman–Crippen LogP) is 2.49. The van der Waals surface area contributed by atoms with Crippen LogP contribution in [0.4, 0.5) is 8.78 Å². The molecule has 1 unspecified atom stereocenters. The van der Waals surface area contributed by atoms with Crippen LogP contribution in [0.3, 0.4) is 0 Å². The van der Waals surface area contributed by atoms with Gasteiger partial charge in [-0.15, -0.1) is 0 Å². The molecule has 0 bridgehead atoms. The highest BCUT2D eigenvalue weighted by molar-refractivity contribution is 5.76. The molecule has 0 saturated carbocycles. The minimum absolute atomic E-state index is 0.253. The second-order valence-corrected chi connectivity index (χ2v) is 4.66. The molecule has 3 nitrogen and oxygen atoms in total. The van der Waals surface area contributed by atoms with Gasteiger partial charge in [-0.25, -0.2) is 8.78 Å². The SMILES string of the molecule is CCOC(=O)C1CCCN1Cc1cc(F)cc(F)c1. The smallest absolute Gasteiger partial charge is 0.323 e. The number of likely N-dealkylation sites (tertiary alicyclic amines) is 1. The first-order valence-electron chi connectivity index (χ1n) is 6.46. The number of hydrogen-bond donors (Lipinski definition) is 0. The molecule has 1 aromatic rings. The molecule has 104 valence electrons. The summed E-state index contributed by atoms with van der Waals surface area (Å²) in [5.41, 5.74) is 0.536. The second kappa shape index (κ2) is 6.10. The van der Waals surface area contributed by atoms with Gasteiger partial charge in [-0.05, 0) is 44.0 Å². The molecule has 19 heavy (non-hydrogen) atoms. The van der Waals surface area contributed by atoms with Crippen LogP contribution < -0.4 is 0 Å². The summed E-state index contributed by atoms with van der Waals surface area (Å²) in [6, 6.07) is 3.13. The van der Waals surface area contributed by atoms with Crippen LogP contribution in [0.25, 0.3) is 0 Å². The van der Waals surface area contributed by atoms with Gasteiger partial charge < -0.3 is 4.74 Å². The maximum absolute atomic E-state index is 13.1. The van der Waals surface area contributed by atoms with Crippen molar-refractivity contribution < 1.29 is 18.3 Å². The molecular weight excluding hydrogens is 252 g/mol. The Morgan fingerprint density at radius 3 is 2.68 bits per heavy atom. The fraction of sp³-hybridized carbons (Fsp3) is 0.500. The Balaban J connectivity index is 2.06. The number of hydrogen-bond acceptors (Lipinski definition) is 3. The van der Waals surface area contributed by atoms with Gasteiger partial charge in [0.15, 0.2) is 0 Å². The summed E-state index contributed by atoms with van der Waals surface area (Å²) in [6.45, 7) is 3.21. The number of esters is 1. The molecule has 1 aliphatic heterocycles. The van der Waals surface area contributed by atoms with Crippen LogP contribution in [0.2, 0.25) is 0 Å². The van der Waals surface area contributed by atoms with E-state index in [1.54, 1.807) is 6.92 Å². The zero-order valence-electron chi connectivity index (χ0n) is 10.9. The number of halogens is 2. The monoisotopic (exact) mass is 269 g/mol. The molecule has 1 heterocycles. The van der Waals surface area contributed by atoms with Gasteiger partial charge in [-0.1, -0.05) is 0 Å². The minimum atomic E-state index is -0.595. The van der Waals surface area contributed by atoms with Gasteiger partial charge in [0.05, 0.1) is 6.61 Å². The van der Waals surface area contributed by atoms with Gasteiger partial charge in [0.25, 0.3) is 0 Å². The molecule has 0 radical (unpaired) electrons. The molecule has 0 amide bonds. The zero-order chi connectivity index (χ0) is 13.8. The molecule has 0 aromatic heterocycles. The number of carbonyl (C=O) groups is 1. The lowest BCUT2D eigenvalue weighted by molar-refractivity contribution is -0.148. The second-order valence-electron chi connectivity index (χ2n) is 4.66. The van der Waals surface area contributed by atoms with E-state index in [0.717, 1.165) is 25.5 Å². The van der Waals surface area contributed by atoms with Crippen molar-refractivity contribution in [2.45, 2.75) is 32.4 Å². The van der Waals surface area contributed by atoms with Crippen LogP contribution in [-0.2, 0) is 16.1 Å². The molecule has 1 saturated heterocycles. The Hall–Kier alpha value is -1.49. The molecular formula is C14H17F2NO2. The third-order valence-electron chi connectivity index (χ3n) is 3.23. The first kappa shape index (κ1) is 13.9. The quantitative estimate of drug-likeness (QED) is 0.786. The van der Waals surface area contributed by atoms with E-state index in [-0.39, 0.29) is 12.0 Å². The van der Waals surface area contributed by atoms with Crippen LogP contribution in [0.1, 0.15) is 25.3 Å². The standard InChI is InChI=1S/C14H17F2NO2/c1-2-19-14(18)13-4-3-5-17(13)9-10-6-11(15)8-12(16)7-10/h6-8,13H,2-5,9H2,1H3. The van der Waals surface area contributed by atoms with E-state index in [0.29, 0.717) is 18.7 Å². The van der Waals surface area contributed by atoms with Crippen molar-refractivity contribution in [1.82, 2.24) is 4.90 Å². The molecule has 1 aromatic carbocycles. The van der Waals surface area contributed by atoms with Crippen molar-refractivity contribution in [3.8, 4) is 0 Å². The maximum Gasteiger partial charge on any atom is 0.323 e. The number of rotatable bonds is 4. The van der Waals surface area contributed by atoms with Crippen molar-refractivity contribution >= 4 is 5.97 Å².